The van der Waals surface area contributed by atoms with Gasteiger partial charge in [0.15, 0.2) is 6.61 Å². The standard InChI is InChI=1S/C21H26N4O9S/c1-11(2)15(18(28)33-3)25-16(21(19(29)30,20(31)32)10-22-24-35)14(17(25)27)23-13(26)9-34-12-7-5-4-6-8-12/h4-8,14,16,22,24,35H,9-10H2,1-3H3,(H,23,26)(H,29,30)(H,31,32)/t14-,16-/m1/s1. The van der Waals surface area contributed by atoms with Gasteiger partial charge in [-0.3, -0.25) is 24.1 Å². The molecule has 1 aromatic rings. The summed E-state index contributed by atoms with van der Waals surface area (Å²) in [6.45, 7) is 1.64. The first-order valence-electron chi connectivity index (χ1n) is 10.2. The van der Waals surface area contributed by atoms with Gasteiger partial charge in [-0.05, 0) is 31.6 Å². The lowest BCUT2D eigenvalue weighted by Crippen LogP contribution is -2.79. The van der Waals surface area contributed by atoms with E-state index >= 15 is 0 Å². The normalized spacial score (nSPS) is 17.1. The van der Waals surface area contributed by atoms with Crippen molar-refractivity contribution in [3.05, 3.63) is 41.6 Å². The summed E-state index contributed by atoms with van der Waals surface area (Å²) in [7, 11) is 1.05. The number of likely N-dealkylation sites (tertiary alicyclic amines) is 1. The lowest BCUT2D eigenvalue weighted by Gasteiger charge is -2.52. The third-order valence-corrected chi connectivity index (χ3v) is 5.49. The van der Waals surface area contributed by atoms with Crippen molar-refractivity contribution in [1.82, 2.24) is 20.5 Å². The van der Waals surface area contributed by atoms with Crippen LogP contribution in [-0.2, 0) is 28.7 Å². The first kappa shape index (κ1) is 27.6. The predicted molar refractivity (Wildman–Crippen MR) is 123 cm³/mol. The van der Waals surface area contributed by atoms with E-state index in [0.29, 0.717) is 5.75 Å². The molecule has 2 atom stereocenters. The molecule has 0 aromatic heterocycles. The molecule has 2 rings (SSSR count). The molecule has 5 N–H and O–H groups in total. The number of ether oxygens (including phenoxy) is 2. The molecule has 1 saturated heterocycles. The number of methoxy groups -OCH3 is 1. The summed E-state index contributed by atoms with van der Waals surface area (Å²) in [5, 5.41) is 22.3. The zero-order chi connectivity index (χ0) is 26.3. The number of esters is 1. The number of carboxylic acid groups (broad SMARTS) is 2. The van der Waals surface area contributed by atoms with E-state index in [9.17, 15) is 34.2 Å². The van der Waals surface area contributed by atoms with Crippen LogP contribution in [0.15, 0.2) is 41.6 Å². The number of amides is 2. The third-order valence-electron chi connectivity index (χ3n) is 5.33. The number of para-hydroxylation sites is 1. The monoisotopic (exact) mass is 510 g/mol. The Bertz CT molecular complexity index is 1010. The molecule has 1 aromatic carbocycles. The lowest BCUT2D eigenvalue weighted by atomic mass is 9.70. The fraction of sp³-hybridized carbons (Fsp3) is 0.381. The molecular weight excluding hydrogens is 484 g/mol. The van der Waals surface area contributed by atoms with Crippen LogP contribution in [0.2, 0.25) is 0 Å². The van der Waals surface area contributed by atoms with Crippen LogP contribution in [0.3, 0.4) is 0 Å². The molecule has 1 heterocycles. The number of hydrogen-bond acceptors (Lipinski definition) is 10. The van der Waals surface area contributed by atoms with Gasteiger partial charge in [0.1, 0.15) is 17.5 Å². The molecule has 35 heavy (non-hydrogen) atoms. The van der Waals surface area contributed by atoms with E-state index in [1.165, 1.54) is 13.8 Å². The third kappa shape index (κ3) is 5.55. The number of benzene rings is 1. The van der Waals surface area contributed by atoms with Gasteiger partial charge in [0.05, 0.1) is 13.2 Å². The second kappa shape index (κ2) is 11.7. The van der Waals surface area contributed by atoms with Crippen molar-refractivity contribution in [3.8, 4) is 5.75 Å². The number of allylic oxidation sites excluding steroid dienone is 1. The molecule has 2 amide bonds. The van der Waals surface area contributed by atoms with Crippen LogP contribution in [-0.4, -0.2) is 77.2 Å². The van der Waals surface area contributed by atoms with Crippen LogP contribution in [0.5, 0.6) is 5.75 Å². The molecule has 1 aliphatic rings. The van der Waals surface area contributed by atoms with Crippen LogP contribution in [0.1, 0.15) is 13.8 Å². The minimum absolute atomic E-state index is 0.261. The molecular formula is C21H26N4O9S. The first-order chi connectivity index (χ1) is 16.5. The number of rotatable bonds is 12. The average Bonchev–Trinajstić information content (AvgIpc) is 2.82. The number of nitrogens with zero attached hydrogens (tertiary/aromatic N) is 1. The maximum atomic E-state index is 13.1. The molecule has 0 bridgehead atoms. The van der Waals surface area contributed by atoms with Gasteiger partial charge in [-0.25, -0.2) is 15.1 Å². The van der Waals surface area contributed by atoms with Crippen molar-refractivity contribution < 1.29 is 43.7 Å². The Morgan fingerprint density at radius 1 is 1.11 bits per heavy atom. The Balaban J connectivity index is 2.48. The molecule has 0 radical (unpaired) electrons. The van der Waals surface area contributed by atoms with Crippen molar-refractivity contribution in [2.45, 2.75) is 25.9 Å². The van der Waals surface area contributed by atoms with Crippen molar-refractivity contribution in [2.24, 2.45) is 5.41 Å². The lowest BCUT2D eigenvalue weighted by molar-refractivity contribution is -0.183. The summed E-state index contributed by atoms with van der Waals surface area (Å²) in [6.07, 6.45) is 0. The van der Waals surface area contributed by atoms with E-state index < -0.39 is 60.4 Å². The molecule has 1 aliphatic heterocycles. The van der Waals surface area contributed by atoms with Crippen molar-refractivity contribution in [2.75, 3.05) is 20.3 Å². The summed E-state index contributed by atoms with van der Waals surface area (Å²) in [6, 6.07) is 4.98. The van der Waals surface area contributed by atoms with E-state index in [2.05, 4.69) is 28.4 Å². The summed E-state index contributed by atoms with van der Waals surface area (Å²) in [5.41, 5.74) is -0.471. The Kier molecular flexibility index (Phi) is 9.22. The molecule has 190 valence electrons. The summed E-state index contributed by atoms with van der Waals surface area (Å²) in [5.74, 6) is -5.95. The summed E-state index contributed by atoms with van der Waals surface area (Å²) < 4.78 is 10.0. The molecule has 0 aliphatic carbocycles. The van der Waals surface area contributed by atoms with E-state index in [1.807, 2.05) is 0 Å². The maximum Gasteiger partial charge on any atom is 0.354 e. The second-order valence-corrected chi connectivity index (χ2v) is 7.91. The summed E-state index contributed by atoms with van der Waals surface area (Å²) in [4.78, 5) is 65.7. The highest BCUT2D eigenvalue weighted by atomic mass is 32.1. The SMILES string of the molecule is COC(=O)C(=C(C)C)N1C(=O)[C@H](NC(=O)COc2ccccc2)[C@@H]1C(CNNS)(C(=O)O)C(=O)O. The number of aliphatic carboxylic acids is 2. The molecule has 0 unspecified atom stereocenters. The highest BCUT2D eigenvalue weighted by Gasteiger charge is 2.67. The fourth-order valence-corrected chi connectivity index (χ4v) is 3.76. The Morgan fingerprint density at radius 3 is 2.20 bits per heavy atom. The number of thiol groups is 1. The van der Waals surface area contributed by atoms with Crippen molar-refractivity contribution >= 4 is 42.5 Å². The van der Waals surface area contributed by atoms with Crippen LogP contribution < -0.4 is 20.3 Å². The Labute approximate surface area is 206 Å². The highest BCUT2D eigenvalue weighted by molar-refractivity contribution is 7.78. The van der Waals surface area contributed by atoms with Crippen LogP contribution >= 0.6 is 12.8 Å². The number of hydrogen-bond donors (Lipinski definition) is 6. The summed E-state index contributed by atoms with van der Waals surface area (Å²) >= 11 is 3.69. The number of hydrazine groups is 1. The highest BCUT2D eigenvalue weighted by Crippen LogP contribution is 2.40. The van der Waals surface area contributed by atoms with Gasteiger partial charge in [0, 0.05) is 6.54 Å². The van der Waals surface area contributed by atoms with Crippen LogP contribution in [0, 0.1) is 5.41 Å². The first-order valence-corrected chi connectivity index (χ1v) is 10.6. The quantitative estimate of drug-likeness (QED) is 0.0523. The topological polar surface area (TPSA) is 184 Å². The van der Waals surface area contributed by atoms with Crippen LogP contribution in [0.25, 0.3) is 0 Å². The number of β-lactam (4-membered cyclic amide) rings is 1. The van der Waals surface area contributed by atoms with Crippen molar-refractivity contribution in [1.29, 1.82) is 0 Å². The Morgan fingerprint density at radius 2 is 1.71 bits per heavy atom. The van der Waals surface area contributed by atoms with Crippen molar-refractivity contribution in [3.63, 3.8) is 0 Å². The largest absolute Gasteiger partial charge is 0.484 e. The second-order valence-electron chi connectivity index (χ2n) is 7.69. The van der Waals surface area contributed by atoms with Crippen LogP contribution in [0.4, 0.5) is 0 Å². The Hall–Kier alpha value is -3.62. The van der Waals surface area contributed by atoms with E-state index in [-0.39, 0.29) is 11.3 Å². The van der Waals surface area contributed by atoms with Gasteiger partial charge in [-0.15, -0.1) is 0 Å². The number of carbonyl (C=O) groups is 5. The predicted octanol–water partition coefficient (Wildman–Crippen LogP) is -0.677. The number of carbonyl (C=O) groups excluding carboxylic acids is 3. The molecule has 0 spiro atoms. The van der Waals surface area contributed by atoms with Gasteiger partial charge in [0.25, 0.3) is 11.8 Å². The van der Waals surface area contributed by atoms with Gasteiger partial charge in [-0.1, -0.05) is 31.0 Å². The fourth-order valence-electron chi connectivity index (χ4n) is 3.68. The van der Waals surface area contributed by atoms with Gasteiger partial charge in [0.2, 0.25) is 5.41 Å². The minimum atomic E-state index is -2.71. The zero-order valence-electron chi connectivity index (χ0n) is 19.1. The van der Waals surface area contributed by atoms with Gasteiger partial charge < -0.3 is 25.0 Å². The zero-order valence-corrected chi connectivity index (χ0v) is 20.0. The number of carboxylic acids is 2. The number of nitrogens with one attached hydrogen (secondary N) is 3. The minimum Gasteiger partial charge on any atom is -0.484 e. The van der Waals surface area contributed by atoms with E-state index in [4.69, 9.17) is 9.47 Å². The molecule has 14 heteroatoms. The van der Waals surface area contributed by atoms with E-state index in [1.54, 1.807) is 30.3 Å². The van der Waals surface area contributed by atoms with Gasteiger partial charge >= 0.3 is 17.9 Å². The van der Waals surface area contributed by atoms with E-state index in [0.717, 1.165) is 12.0 Å². The van der Waals surface area contributed by atoms with Gasteiger partial charge in [-0.2, -0.15) is 0 Å². The average molecular weight is 511 g/mol. The molecule has 0 saturated carbocycles. The molecule has 13 nitrogen and oxygen atoms in total. The smallest absolute Gasteiger partial charge is 0.354 e. The maximum absolute atomic E-state index is 13.1. The molecule has 1 fully saturated rings.